The monoisotopic (exact) mass is 978 g/mol. The predicted molar refractivity (Wildman–Crippen MR) is 234 cm³/mol. The van der Waals surface area contributed by atoms with E-state index in [2.05, 4.69) is 20.6 Å². The molecule has 2 amide bonds. The summed E-state index contributed by atoms with van der Waals surface area (Å²) in [6.07, 6.45) is 2.61. The first-order valence-electron chi connectivity index (χ1n) is 21.4. The molecule has 10 N–H and O–H groups in total. The lowest BCUT2D eigenvalue weighted by Gasteiger charge is -2.34. The number of hydrogen-bond acceptors (Lipinski definition) is 14. The summed E-state index contributed by atoms with van der Waals surface area (Å²) in [5, 5.41) is 67.1. The van der Waals surface area contributed by atoms with Crippen molar-refractivity contribution in [3.8, 4) is 5.75 Å². The number of nitrogens with one attached hydrogen (secondary N) is 2. The van der Waals surface area contributed by atoms with Gasteiger partial charge in [-0.05, 0) is 82.2 Å². The van der Waals surface area contributed by atoms with Crippen LogP contribution in [0.15, 0.2) is 53.9 Å². The molecule has 0 bridgehead atoms. The molecule has 25 nitrogen and oxygen atoms in total. The van der Waals surface area contributed by atoms with E-state index in [1.807, 2.05) is 4.90 Å². The van der Waals surface area contributed by atoms with E-state index in [-0.39, 0.29) is 76.2 Å². The van der Waals surface area contributed by atoms with E-state index in [1.54, 1.807) is 0 Å². The van der Waals surface area contributed by atoms with E-state index < -0.39 is 107 Å². The lowest BCUT2D eigenvalue weighted by atomic mass is 9.83. The molecule has 0 saturated heterocycles. The number of hydrogen-bond donors (Lipinski definition) is 9. The summed E-state index contributed by atoms with van der Waals surface area (Å²) >= 11 is 0. The van der Waals surface area contributed by atoms with Gasteiger partial charge >= 0.3 is 35.8 Å². The summed E-state index contributed by atoms with van der Waals surface area (Å²) in [6.45, 7) is -0.0545. The van der Waals surface area contributed by atoms with Crippen molar-refractivity contribution in [2.45, 2.75) is 132 Å². The van der Waals surface area contributed by atoms with Gasteiger partial charge in [0.2, 0.25) is 21.8 Å². The van der Waals surface area contributed by atoms with Crippen molar-refractivity contribution in [2.24, 2.45) is 5.14 Å². The number of ether oxygens (including phenoxy) is 1. The Morgan fingerprint density at radius 2 is 0.941 bits per heavy atom. The molecule has 0 aliphatic carbocycles. The van der Waals surface area contributed by atoms with Crippen molar-refractivity contribution in [1.29, 1.82) is 0 Å². The van der Waals surface area contributed by atoms with E-state index in [4.69, 9.17) is 9.88 Å². The van der Waals surface area contributed by atoms with Crippen LogP contribution in [0.25, 0.3) is 0 Å². The minimum atomic E-state index is -3.91. The van der Waals surface area contributed by atoms with E-state index >= 15 is 0 Å². The first kappa shape index (κ1) is 55.4. The number of amides is 2. The Morgan fingerprint density at radius 3 is 1.26 bits per heavy atom. The van der Waals surface area contributed by atoms with Crippen molar-refractivity contribution in [2.75, 3.05) is 13.2 Å². The second-order valence-electron chi connectivity index (χ2n) is 16.2. The first-order chi connectivity index (χ1) is 32.0. The molecule has 0 aliphatic heterocycles. The van der Waals surface area contributed by atoms with E-state index in [9.17, 15) is 77.4 Å². The molecule has 2 heterocycles. The standard InChI is InChI=1S/C42H58N8O17S/c43-68(65,66)30-5-3-29(4-6-30)67-24-2-1-21-48(25-31-44-19-22-49(31)27-33(51)46-41(13-7-35(53)54,14-8-36(55)56)15-9-37(57)58)26-32-45-20-23-50(32)28-34(52)47-42(16-10-38(59)60,17-11-39(61)62)18-12-40(63)64/h3-6,19-20,22-23H,1-2,7-18,21,24-28H2,(H,46,51)(H,47,52)(H,53,54)(H,55,56)(H,57,58)(H,59,60)(H,61,62)(H,63,64)(H2,43,65,66). The van der Waals surface area contributed by atoms with Crippen molar-refractivity contribution in [1.82, 2.24) is 34.6 Å². The number of rotatable bonds is 35. The predicted octanol–water partition coefficient (Wildman–Crippen LogP) is 1.49. The quantitative estimate of drug-likeness (QED) is 0.0377. The molecule has 0 unspecified atom stereocenters. The van der Waals surface area contributed by atoms with Crippen LogP contribution in [0.3, 0.4) is 0 Å². The van der Waals surface area contributed by atoms with Gasteiger partial charge in [-0.15, -0.1) is 0 Å². The Morgan fingerprint density at radius 1 is 0.588 bits per heavy atom. The maximum atomic E-state index is 13.6. The van der Waals surface area contributed by atoms with Crippen LogP contribution in [-0.4, -0.2) is 135 Å². The normalized spacial score (nSPS) is 11.8. The Kier molecular flexibility index (Phi) is 21.5. The third-order valence-electron chi connectivity index (χ3n) is 11.0. The summed E-state index contributed by atoms with van der Waals surface area (Å²) in [5.74, 6) is -7.60. The Balaban J connectivity index is 1.87. The smallest absolute Gasteiger partial charge is 0.303 e. The highest BCUT2D eigenvalue weighted by Crippen LogP contribution is 2.28. The molecule has 374 valence electrons. The summed E-state index contributed by atoms with van der Waals surface area (Å²) in [4.78, 5) is 107. The molecule has 1 aromatic carbocycles. The Bertz CT molecular complexity index is 2120. The molecule has 0 fully saturated rings. The van der Waals surface area contributed by atoms with Crippen molar-refractivity contribution in [3.05, 3.63) is 60.7 Å². The molecule has 26 heteroatoms. The van der Waals surface area contributed by atoms with Crippen LogP contribution in [0.1, 0.15) is 102 Å². The number of primary sulfonamides is 1. The van der Waals surface area contributed by atoms with E-state index in [0.29, 0.717) is 36.8 Å². The highest BCUT2D eigenvalue weighted by molar-refractivity contribution is 7.89. The number of benzene rings is 1. The molecule has 3 aromatic rings. The van der Waals surface area contributed by atoms with Crippen LogP contribution >= 0.6 is 0 Å². The zero-order valence-electron chi connectivity index (χ0n) is 37.2. The van der Waals surface area contributed by atoms with Crippen LogP contribution in [-0.2, 0) is 74.6 Å². The Labute approximate surface area is 390 Å². The topological polar surface area (TPSA) is 390 Å². The second kappa shape index (κ2) is 26.4. The van der Waals surface area contributed by atoms with Gasteiger partial charge in [0, 0.05) is 74.4 Å². The number of carbonyl (C=O) groups is 8. The lowest BCUT2D eigenvalue weighted by Crippen LogP contribution is -2.50. The third-order valence-corrected chi connectivity index (χ3v) is 11.9. The molecule has 0 radical (unpaired) electrons. The van der Waals surface area contributed by atoms with E-state index in [1.165, 1.54) is 58.2 Å². The van der Waals surface area contributed by atoms with Crippen molar-refractivity contribution in [3.63, 3.8) is 0 Å². The lowest BCUT2D eigenvalue weighted by molar-refractivity contribution is -0.141. The summed E-state index contributed by atoms with van der Waals surface area (Å²) < 4.78 is 32.0. The number of imidazole rings is 2. The fourth-order valence-corrected chi connectivity index (χ4v) is 7.94. The van der Waals surface area contributed by atoms with Gasteiger partial charge in [0.25, 0.3) is 0 Å². The molecule has 0 saturated carbocycles. The fourth-order valence-electron chi connectivity index (χ4n) is 7.42. The molecular formula is C42H58N8O17S. The van der Waals surface area contributed by atoms with Crippen LogP contribution in [0.4, 0.5) is 0 Å². The number of aromatic nitrogens is 4. The number of nitrogens with two attached hydrogens (primary N) is 1. The minimum Gasteiger partial charge on any atom is -0.494 e. The number of nitrogens with zero attached hydrogens (tertiary/aromatic N) is 5. The number of unbranched alkanes of at least 4 members (excludes halogenated alkanes) is 1. The highest BCUT2D eigenvalue weighted by Gasteiger charge is 2.35. The zero-order valence-corrected chi connectivity index (χ0v) is 38.0. The molecule has 2 aromatic heterocycles. The fraction of sp³-hybridized carbons (Fsp3) is 0.524. The third kappa shape index (κ3) is 20.3. The van der Waals surface area contributed by atoms with E-state index in [0.717, 1.165) is 0 Å². The number of sulfonamides is 1. The number of aliphatic carboxylic acids is 6. The average molecular weight is 979 g/mol. The van der Waals surface area contributed by atoms with Gasteiger partial charge in [-0.1, -0.05) is 0 Å². The summed E-state index contributed by atoms with van der Waals surface area (Å²) in [5.41, 5.74) is -2.95. The van der Waals surface area contributed by atoms with Crippen molar-refractivity contribution < 1.29 is 82.2 Å². The average Bonchev–Trinajstić information content (AvgIpc) is 3.89. The maximum Gasteiger partial charge on any atom is 0.303 e. The molecule has 68 heavy (non-hydrogen) atoms. The van der Waals surface area contributed by atoms with Gasteiger partial charge < -0.3 is 55.1 Å². The van der Waals surface area contributed by atoms with Crippen LogP contribution in [0.2, 0.25) is 0 Å². The minimum absolute atomic E-state index is 0.0695. The largest absolute Gasteiger partial charge is 0.494 e. The van der Waals surface area contributed by atoms with Gasteiger partial charge in [0.15, 0.2) is 0 Å². The summed E-state index contributed by atoms with van der Waals surface area (Å²) in [7, 11) is -3.91. The van der Waals surface area contributed by atoms with Gasteiger partial charge in [-0.3, -0.25) is 43.3 Å². The molecule has 0 aliphatic rings. The van der Waals surface area contributed by atoms with Crippen molar-refractivity contribution >= 4 is 57.7 Å². The van der Waals surface area contributed by atoms with Gasteiger partial charge in [0.1, 0.15) is 30.5 Å². The molecule has 3 rings (SSSR count). The zero-order chi connectivity index (χ0) is 50.5. The number of carbonyl (C=O) groups excluding carboxylic acids is 2. The molecular weight excluding hydrogens is 921 g/mol. The van der Waals surface area contributed by atoms with Crippen LogP contribution in [0, 0.1) is 0 Å². The van der Waals surface area contributed by atoms with Gasteiger partial charge in [-0.2, -0.15) is 0 Å². The van der Waals surface area contributed by atoms with Gasteiger partial charge in [0.05, 0.1) is 24.6 Å². The van der Waals surface area contributed by atoms with Gasteiger partial charge in [-0.25, -0.2) is 23.5 Å². The van der Waals surface area contributed by atoms with Crippen LogP contribution in [0.5, 0.6) is 5.75 Å². The number of carboxylic acid groups (broad SMARTS) is 6. The SMILES string of the molecule is NS(=O)(=O)c1ccc(OCCCCN(Cc2nccn2CC(=O)NC(CCC(=O)O)(CCC(=O)O)CCC(=O)O)Cc2nccn2CC(=O)NC(CCC(=O)O)(CCC(=O)O)CCC(=O)O)cc1. The molecule has 0 spiro atoms. The molecule has 0 atom stereocenters. The second-order valence-corrected chi connectivity index (χ2v) is 17.8. The number of carboxylic acids is 6. The summed E-state index contributed by atoms with van der Waals surface area (Å²) in [6, 6.07) is 5.53. The van der Waals surface area contributed by atoms with Crippen LogP contribution < -0.4 is 20.5 Å². The highest BCUT2D eigenvalue weighted by atomic mass is 32.2. The maximum absolute atomic E-state index is 13.6. The first-order valence-corrected chi connectivity index (χ1v) is 22.9. The Hall–Kier alpha value is -6.93.